The summed E-state index contributed by atoms with van der Waals surface area (Å²) in [6.07, 6.45) is 1.75. The summed E-state index contributed by atoms with van der Waals surface area (Å²) in [6, 6.07) is 4.06. The van der Waals surface area contributed by atoms with E-state index < -0.39 is 21.8 Å². The van der Waals surface area contributed by atoms with E-state index >= 15 is 0 Å². The molecule has 9 nitrogen and oxygen atoms in total. The Labute approximate surface area is 243 Å². The highest BCUT2D eigenvalue weighted by molar-refractivity contribution is 7.99. The monoisotopic (exact) mass is 614 g/mol. The fraction of sp³-hybridized carbons (Fsp3) is 0.630. The van der Waals surface area contributed by atoms with Crippen molar-refractivity contribution in [2.75, 3.05) is 57.9 Å². The van der Waals surface area contributed by atoms with Crippen molar-refractivity contribution in [2.45, 2.75) is 56.3 Å². The number of benzene rings is 1. The third-order valence-corrected chi connectivity index (χ3v) is 10.2. The number of hydrogen-bond donors (Lipinski definition) is 1. The molecule has 4 heterocycles. The Bertz CT molecular complexity index is 1360. The first-order valence-electron chi connectivity index (χ1n) is 14.1. The first-order chi connectivity index (χ1) is 19.5. The fourth-order valence-corrected chi connectivity index (χ4v) is 7.68. The number of amides is 1. The Kier molecular flexibility index (Phi) is 9.34. The van der Waals surface area contributed by atoms with Crippen molar-refractivity contribution < 1.29 is 26.4 Å². The largest absolute Gasteiger partial charge is 0.417 e. The lowest BCUT2D eigenvalue weighted by atomic mass is 10.0. The van der Waals surface area contributed by atoms with Gasteiger partial charge in [0.1, 0.15) is 0 Å². The molecule has 1 amide bonds. The number of alkyl halides is 3. The molecular weight excluding hydrogens is 577 g/mol. The van der Waals surface area contributed by atoms with Gasteiger partial charge in [-0.2, -0.15) is 22.6 Å². The molecule has 0 aliphatic carbocycles. The van der Waals surface area contributed by atoms with Crippen LogP contribution in [0.2, 0.25) is 0 Å². The molecule has 2 saturated heterocycles. The van der Waals surface area contributed by atoms with Crippen LogP contribution in [0.25, 0.3) is 11.3 Å². The minimum atomic E-state index is -4.52. The van der Waals surface area contributed by atoms with Crippen LogP contribution in [0.1, 0.15) is 42.5 Å². The van der Waals surface area contributed by atoms with Gasteiger partial charge in [-0.3, -0.25) is 14.4 Å². The molecule has 0 radical (unpaired) electrons. The minimum Gasteiger partial charge on any atom is -0.342 e. The molecule has 2 fully saturated rings. The molecule has 41 heavy (non-hydrogen) atoms. The SMILES string of the molecule is CS(=O)(=O)N1CCc2c(c(-c3ccc(C(F)(F)F)c(SCCN4CNC(=O)C4)c3)nn2CCCN2CCCCC2)C1. The molecule has 1 aromatic heterocycles. The second kappa shape index (κ2) is 12.6. The molecule has 0 bridgehead atoms. The van der Waals surface area contributed by atoms with Crippen LogP contribution in [0.5, 0.6) is 0 Å². The Morgan fingerprint density at radius 1 is 1.02 bits per heavy atom. The molecule has 3 aliphatic heterocycles. The topological polar surface area (TPSA) is 90.8 Å². The maximum absolute atomic E-state index is 13.9. The number of carbonyl (C=O) groups is 1. The van der Waals surface area contributed by atoms with Gasteiger partial charge in [0.15, 0.2) is 0 Å². The van der Waals surface area contributed by atoms with E-state index in [-0.39, 0.29) is 23.9 Å². The maximum atomic E-state index is 13.9. The summed E-state index contributed by atoms with van der Waals surface area (Å²) in [4.78, 5) is 15.9. The van der Waals surface area contributed by atoms with E-state index in [1.54, 1.807) is 0 Å². The van der Waals surface area contributed by atoms with Gasteiger partial charge in [0.05, 0.1) is 30.7 Å². The predicted molar refractivity (Wildman–Crippen MR) is 152 cm³/mol. The van der Waals surface area contributed by atoms with Crippen molar-refractivity contribution in [3.05, 3.63) is 35.0 Å². The van der Waals surface area contributed by atoms with Crippen LogP contribution in [0.15, 0.2) is 23.1 Å². The number of nitrogens with zero attached hydrogens (tertiary/aromatic N) is 5. The van der Waals surface area contributed by atoms with Crippen molar-refractivity contribution in [1.29, 1.82) is 0 Å². The highest BCUT2D eigenvalue weighted by atomic mass is 32.2. The van der Waals surface area contributed by atoms with Crippen molar-refractivity contribution in [3.8, 4) is 11.3 Å². The summed E-state index contributed by atoms with van der Waals surface area (Å²) in [5.74, 6) is 0.291. The van der Waals surface area contributed by atoms with Crippen molar-refractivity contribution in [2.24, 2.45) is 0 Å². The fourth-order valence-electron chi connectivity index (χ4n) is 5.77. The van der Waals surface area contributed by atoms with Gasteiger partial charge < -0.3 is 10.2 Å². The number of sulfonamides is 1. The van der Waals surface area contributed by atoms with E-state index in [0.29, 0.717) is 49.7 Å². The van der Waals surface area contributed by atoms with E-state index in [1.807, 2.05) is 9.58 Å². The van der Waals surface area contributed by atoms with E-state index in [1.165, 1.54) is 42.0 Å². The number of carbonyl (C=O) groups excluding carboxylic acids is 1. The molecule has 2 aromatic rings. The number of fused-ring (bicyclic) bond motifs is 1. The van der Waals surface area contributed by atoms with E-state index in [2.05, 4.69) is 10.2 Å². The molecular formula is C27H37F3N6O3S2. The first-order valence-corrected chi connectivity index (χ1v) is 16.9. The minimum absolute atomic E-state index is 0.0904. The Balaban J connectivity index is 1.41. The highest BCUT2D eigenvalue weighted by Gasteiger charge is 2.35. The molecule has 226 valence electrons. The summed E-state index contributed by atoms with van der Waals surface area (Å²) in [5, 5.41) is 7.58. The summed E-state index contributed by atoms with van der Waals surface area (Å²) < 4.78 is 69.9. The van der Waals surface area contributed by atoms with Gasteiger partial charge in [-0.15, -0.1) is 11.8 Å². The van der Waals surface area contributed by atoms with Crippen LogP contribution in [-0.4, -0.2) is 96.2 Å². The lowest BCUT2D eigenvalue weighted by molar-refractivity contribution is -0.139. The summed E-state index contributed by atoms with van der Waals surface area (Å²) in [7, 11) is -3.45. The number of hydrogen-bond acceptors (Lipinski definition) is 7. The molecule has 5 rings (SSSR count). The Hall–Kier alpha value is -2.13. The second-order valence-corrected chi connectivity index (χ2v) is 14.1. The molecule has 14 heteroatoms. The number of aryl methyl sites for hydroxylation is 1. The number of piperidine rings is 1. The van der Waals surface area contributed by atoms with Crippen LogP contribution < -0.4 is 5.32 Å². The van der Waals surface area contributed by atoms with Crippen LogP contribution in [0.4, 0.5) is 13.2 Å². The van der Waals surface area contributed by atoms with Crippen LogP contribution in [0.3, 0.4) is 0 Å². The summed E-state index contributed by atoms with van der Waals surface area (Å²) >= 11 is 1.10. The molecule has 3 aliphatic rings. The summed E-state index contributed by atoms with van der Waals surface area (Å²) in [6.45, 7) is 5.43. The number of aromatic nitrogens is 2. The number of halogens is 3. The number of likely N-dealkylation sites (tertiary alicyclic amines) is 1. The average Bonchev–Trinajstić information content (AvgIpc) is 3.51. The standard InChI is InChI=1S/C27H37F3N6O3S2/c1-41(38,39)35-13-8-23-21(17-35)26(32-36(23)12-5-11-33-9-3-2-4-10-33)20-6-7-22(27(28,29)30)24(16-20)40-15-14-34-18-25(37)31-19-34/h6-7,16H,2-5,8-15,17-19H2,1H3,(H,31,37). The zero-order chi connectivity index (χ0) is 29.2. The number of rotatable bonds is 10. The maximum Gasteiger partial charge on any atom is 0.417 e. The van der Waals surface area contributed by atoms with Gasteiger partial charge in [0, 0.05) is 60.1 Å². The third kappa shape index (κ3) is 7.45. The molecule has 0 unspecified atom stereocenters. The smallest absolute Gasteiger partial charge is 0.342 e. The van der Waals surface area contributed by atoms with Gasteiger partial charge in [-0.1, -0.05) is 12.5 Å². The van der Waals surface area contributed by atoms with Gasteiger partial charge in [-0.05, 0) is 51.0 Å². The number of nitrogens with one attached hydrogen (secondary N) is 1. The van der Waals surface area contributed by atoms with Crippen molar-refractivity contribution >= 4 is 27.7 Å². The van der Waals surface area contributed by atoms with Crippen LogP contribution >= 0.6 is 11.8 Å². The molecule has 0 spiro atoms. The van der Waals surface area contributed by atoms with Gasteiger partial charge in [-0.25, -0.2) is 8.42 Å². The van der Waals surface area contributed by atoms with Crippen LogP contribution in [0, 0.1) is 0 Å². The lowest BCUT2D eigenvalue weighted by Crippen LogP contribution is -2.35. The van der Waals surface area contributed by atoms with E-state index in [4.69, 9.17) is 5.10 Å². The molecule has 1 N–H and O–H groups in total. The lowest BCUT2D eigenvalue weighted by Gasteiger charge is -2.27. The molecule has 1 aromatic carbocycles. The van der Waals surface area contributed by atoms with E-state index in [0.717, 1.165) is 55.1 Å². The number of thioether (sulfide) groups is 1. The van der Waals surface area contributed by atoms with Crippen molar-refractivity contribution in [1.82, 2.24) is 29.2 Å². The summed E-state index contributed by atoms with van der Waals surface area (Å²) in [5.41, 5.74) is 2.08. The normalized spacial score (nSPS) is 19.5. The second-order valence-electron chi connectivity index (χ2n) is 11.0. The molecule has 0 atom stereocenters. The van der Waals surface area contributed by atoms with Crippen LogP contribution in [-0.2, 0) is 40.5 Å². The van der Waals surface area contributed by atoms with Gasteiger partial charge in [0.25, 0.3) is 0 Å². The third-order valence-electron chi connectivity index (χ3n) is 7.95. The van der Waals surface area contributed by atoms with Crippen molar-refractivity contribution in [3.63, 3.8) is 0 Å². The van der Waals surface area contributed by atoms with Gasteiger partial charge >= 0.3 is 6.18 Å². The van der Waals surface area contributed by atoms with E-state index in [9.17, 15) is 26.4 Å². The predicted octanol–water partition coefficient (Wildman–Crippen LogP) is 3.24. The average molecular weight is 615 g/mol. The zero-order valence-electron chi connectivity index (χ0n) is 23.2. The first kappa shape index (κ1) is 30.3. The Morgan fingerprint density at radius 2 is 1.80 bits per heavy atom. The Morgan fingerprint density at radius 3 is 2.49 bits per heavy atom. The molecule has 0 saturated carbocycles. The highest BCUT2D eigenvalue weighted by Crippen LogP contribution is 2.40. The van der Waals surface area contributed by atoms with Gasteiger partial charge in [0.2, 0.25) is 15.9 Å². The quantitative estimate of drug-likeness (QED) is 0.411. The zero-order valence-corrected chi connectivity index (χ0v) is 24.9.